The van der Waals surface area contributed by atoms with Crippen molar-refractivity contribution < 1.29 is 17.9 Å². The van der Waals surface area contributed by atoms with Gasteiger partial charge in [0.25, 0.3) is 0 Å². The maximum absolute atomic E-state index is 13.6. The Balaban J connectivity index is 1.37. The first kappa shape index (κ1) is 19.3. The molecule has 2 aliphatic heterocycles. The minimum Gasteiger partial charge on any atom is -0.489 e. The Morgan fingerprint density at radius 1 is 1.14 bits per heavy atom. The first-order chi connectivity index (χ1) is 14.0. The van der Waals surface area contributed by atoms with Crippen molar-refractivity contribution >= 4 is 6.21 Å². The molecule has 0 saturated carbocycles. The SMILES string of the molecule is N#Cc1cc(O[C@@H]2CCN(CN3N=CC[C@H]3c3cc(F)cc(F)c3)C2)ccc1F. The number of nitriles is 1. The normalized spacial score (nSPS) is 21.5. The van der Waals surface area contributed by atoms with Crippen molar-refractivity contribution in [3.8, 4) is 11.8 Å². The van der Waals surface area contributed by atoms with E-state index in [4.69, 9.17) is 10.00 Å². The Bertz CT molecular complexity index is 955. The molecule has 0 radical (unpaired) electrons. The number of benzene rings is 2. The first-order valence-electron chi connectivity index (χ1n) is 9.35. The molecule has 29 heavy (non-hydrogen) atoms. The molecule has 1 fully saturated rings. The van der Waals surface area contributed by atoms with Crippen LogP contribution in [0, 0.1) is 28.8 Å². The van der Waals surface area contributed by atoms with E-state index < -0.39 is 17.5 Å². The highest BCUT2D eigenvalue weighted by Gasteiger charge is 2.30. The van der Waals surface area contributed by atoms with Crippen LogP contribution in [0.3, 0.4) is 0 Å². The van der Waals surface area contributed by atoms with Gasteiger partial charge in [-0.15, -0.1) is 0 Å². The van der Waals surface area contributed by atoms with E-state index in [1.165, 1.54) is 30.3 Å². The van der Waals surface area contributed by atoms with Crippen molar-refractivity contribution in [3.05, 3.63) is 65.0 Å². The van der Waals surface area contributed by atoms with Crippen LogP contribution >= 0.6 is 0 Å². The summed E-state index contributed by atoms with van der Waals surface area (Å²) in [5, 5.41) is 15.1. The molecule has 0 aliphatic carbocycles. The van der Waals surface area contributed by atoms with E-state index in [9.17, 15) is 13.2 Å². The lowest BCUT2D eigenvalue weighted by atomic mass is 10.0. The van der Waals surface area contributed by atoms with Gasteiger partial charge in [-0.25, -0.2) is 13.2 Å². The molecule has 5 nitrogen and oxygen atoms in total. The van der Waals surface area contributed by atoms with Crippen molar-refractivity contribution in [2.45, 2.75) is 25.0 Å². The van der Waals surface area contributed by atoms with Crippen molar-refractivity contribution in [3.63, 3.8) is 0 Å². The first-order valence-corrected chi connectivity index (χ1v) is 9.35. The number of rotatable bonds is 5. The minimum absolute atomic E-state index is 0.0473. The van der Waals surface area contributed by atoms with Gasteiger partial charge >= 0.3 is 0 Å². The summed E-state index contributed by atoms with van der Waals surface area (Å²) in [6.07, 6.45) is 3.02. The summed E-state index contributed by atoms with van der Waals surface area (Å²) in [6.45, 7) is 1.91. The second kappa shape index (κ2) is 8.13. The van der Waals surface area contributed by atoms with E-state index >= 15 is 0 Å². The fourth-order valence-corrected chi connectivity index (χ4v) is 3.75. The van der Waals surface area contributed by atoms with E-state index in [0.717, 1.165) is 19.0 Å². The van der Waals surface area contributed by atoms with Gasteiger partial charge < -0.3 is 4.74 Å². The van der Waals surface area contributed by atoms with Crippen molar-refractivity contribution in [1.29, 1.82) is 5.26 Å². The van der Waals surface area contributed by atoms with Gasteiger partial charge in [-0.3, -0.25) is 9.91 Å². The quantitative estimate of drug-likeness (QED) is 0.766. The molecule has 150 valence electrons. The largest absolute Gasteiger partial charge is 0.489 e. The van der Waals surface area contributed by atoms with Gasteiger partial charge in [-0.05, 0) is 36.2 Å². The van der Waals surface area contributed by atoms with Crippen LogP contribution in [0.4, 0.5) is 13.2 Å². The monoisotopic (exact) mass is 400 g/mol. The predicted molar refractivity (Wildman–Crippen MR) is 101 cm³/mol. The number of hydrogen-bond acceptors (Lipinski definition) is 5. The van der Waals surface area contributed by atoms with Crippen LogP contribution in [0.1, 0.15) is 30.0 Å². The van der Waals surface area contributed by atoms with Crippen LogP contribution in [0.2, 0.25) is 0 Å². The number of nitrogens with zero attached hydrogens (tertiary/aromatic N) is 4. The maximum atomic E-state index is 13.6. The number of halogens is 3. The number of hydrazone groups is 1. The summed E-state index contributed by atoms with van der Waals surface area (Å²) in [5.74, 6) is -1.31. The average Bonchev–Trinajstić information content (AvgIpc) is 3.32. The lowest BCUT2D eigenvalue weighted by molar-refractivity contribution is 0.114. The smallest absolute Gasteiger partial charge is 0.141 e. The number of hydrogen-bond donors (Lipinski definition) is 0. The van der Waals surface area contributed by atoms with Crippen LogP contribution in [-0.2, 0) is 0 Å². The molecule has 2 heterocycles. The third kappa shape index (κ3) is 4.35. The maximum Gasteiger partial charge on any atom is 0.141 e. The molecular formula is C21H19F3N4O. The molecule has 0 N–H and O–H groups in total. The van der Waals surface area contributed by atoms with Gasteiger partial charge in [-0.1, -0.05) is 0 Å². The number of likely N-dealkylation sites (tertiary alicyclic amines) is 1. The molecule has 2 atom stereocenters. The zero-order valence-electron chi connectivity index (χ0n) is 15.6. The highest BCUT2D eigenvalue weighted by Crippen LogP contribution is 2.30. The standard InChI is InChI=1S/C21H19F3N4O/c22-16-7-14(8-17(23)10-16)21-3-5-26-28(21)13-27-6-4-19(12-27)29-18-1-2-20(24)15(9-18)11-25/h1-2,5,7-10,19,21H,3-4,6,12-13H2/t19-,21+/m1/s1. The van der Waals surface area contributed by atoms with Crippen LogP contribution < -0.4 is 4.74 Å². The molecule has 2 aliphatic rings. The lowest BCUT2D eigenvalue weighted by Crippen LogP contribution is -2.35. The summed E-state index contributed by atoms with van der Waals surface area (Å²) in [5.41, 5.74) is 0.510. The third-order valence-corrected chi connectivity index (χ3v) is 5.12. The Morgan fingerprint density at radius 3 is 2.69 bits per heavy atom. The van der Waals surface area contributed by atoms with E-state index in [1.807, 2.05) is 5.01 Å². The van der Waals surface area contributed by atoms with Crippen LogP contribution in [0.25, 0.3) is 0 Å². The molecule has 4 rings (SSSR count). The highest BCUT2D eigenvalue weighted by atomic mass is 19.1. The number of ether oxygens (including phenoxy) is 1. The van der Waals surface area contributed by atoms with Gasteiger partial charge in [0.1, 0.15) is 35.4 Å². The van der Waals surface area contributed by atoms with Gasteiger partial charge in [0.2, 0.25) is 0 Å². The van der Waals surface area contributed by atoms with Crippen LogP contribution in [-0.4, -0.2) is 42.0 Å². The Kier molecular flexibility index (Phi) is 5.41. The summed E-state index contributed by atoms with van der Waals surface area (Å²) >= 11 is 0. The molecule has 1 saturated heterocycles. The summed E-state index contributed by atoms with van der Waals surface area (Å²) in [4.78, 5) is 2.14. The topological polar surface area (TPSA) is 51.9 Å². The summed E-state index contributed by atoms with van der Waals surface area (Å²) in [7, 11) is 0. The van der Waals surface area contributed by atoms with Crippen molar-refractivity contribution in [2.75, 3.05) is 19.8 Å². The Hall–Kier alpha value is -3.05. The Morgan fingerprint density at radius 2 is 1.93 bits per heavy atom. The molecular weight excluding hydrogens is 381 g/mol. The van der Waals surface area contributed by atoms with E-state index in [1.54, 1.807) is 12.3 Å². The molecule has 8 heteroatoms. The third-order valence-electron chi connectivity index (χ3n) is 5.12. The molecule has 2 aromatic rings. The van der Waals surface area contributed by atoms with E-state index in [0.29, 0.717) is 30.9 Å². The fraction of sp³-hybridized carbons (Fsp3) is 0.333. The predicted octanol–water partition coefficient (Wildman–Crippen LogP) is 3.82. The molecule has 0 unspecified atom stereocenters. The lowest BCUT2D eigenvalue weighted by Gasteiger charge is -2.28. The van der Waals surface area contributed by atoms with Gasteiger partial charge in [-0.2, -0.15) is 10.4 Å². The van der Waals surface area contributed by atoms with Crippen molar-refractivity contribution in [1.82, 2.24) is 9.91 Å². The molecule has 0 amide bonds. The highest BCUT2D eigenvalue weighted by molar-refractivity contribution is 5.60. The van der Waals surface area contributed by atoms with Crippen molar-refractivity contribution in [2.24, 2.45) is 5.10 Å². The summed E-state index contributed by atoms with van der Waals surface area (Å²) < 4.78 is 46.5. The van der Waals surface area contributed by atoms with Crippen LogP contribution in [0.15, 0.2) is 41.5 Å². The van der Waals surface area contributed by atoms with E-state index in [-0.39, 0.29) is 17.7 Å². The zero-order valence-corrected chi connectivity index (χ0v) is 15.6. The summed E-state index contributed by atoms with van der Waals surface area (Å²) in [6, 6.07) is 9.27. The average molecular weight is 400 g/mol. The van der Waals surface area contributed by atoms with Gasteiger partial charge in [0.05, 0.1) is 18.3 Å². The Labute approximate surface area is 166 Å². The minimum atomic E-state index is -0.600. The fourth-order valence-electron chi connectivity index (χ4n) is 3.75. The van der Waals surface area contributed by atoms with E-state index in [2.05, 4.69) is 10.0 Å². The molecule has 2 aromatic carbocycles. The zero-order chi connectivity index (χ0) is 20.4. The van der Waals surface area contributed by atoms with Crippen LogP contribution in [0.5, 0.6) is 5.75 Å². The van der Waals surface area contributed by atoms with Gasteiger partial charge in [0, 0.05) is 37.9 Å². The molecule has 0 spiro atoms. The van der Waals surface area contributed by atoms with Gasteiger partial charge in [0.15, 0.2) is 0 Å². The second-order valence-corrected chi connectivity index (χ2v) is 7.19. The molecule has 0 bridgehead atoms. The second-order valence-electron chi connectivity index (χ2n) is 7.19. The molecule has 0 aromatic heterocycles.